The van der Waals surface area contributed by atoms with E-state index in [1.54, 1.807) is 24.6 Å². The highest BCUT2D eigenvalue weighted by atomic mass is 19.1. The summed E-state index contributed by atoms with van der Waals surface area (Å²) in [6.07, 6.45) is 0. The van der Waals surface area contributed by atoms with Crippen molar-refractivity contribution in [2.75, 3.05) is 7.11 Å². The maximum absolute atomic E-state index is 13.2. The van der Waals surface area contributed by atoms with Gasteiger partial charge in [0.05, 0.1) is 18.2 Å². The summed E-state index contributed by atoms with van der Waals surface area (Å²) in [6, 6.07) is 5.06. The Kier molecular flexibility index (Phi) is 3.80. The van der Waals surface area contributed by atoms with Gasteiger partial charge in [-0.15, -0.1) is 0 Å². The summed E-state index contributed by atoms with van der Waals surface area (Å²) in [4.78, 5) is 23.0. The fraction of sp³-hybridized carbons (Fsp3) is 0.200. The molecule has 0 fully saturated rings. The van der Waals surface area contributed by atoms with Crippen molar-refractivity contribution in [2.45, 2.75) is 6.92 Å². The Balaban J connectivity index is 2.68. The predicted octanol–water partition coefficient (Wildman–Crippen LogP) is 2.62. The molecule has 5 nitrogen and oxygen atoms in total. The third-order valence-corrected chi connectivity index (χ3v) is 3.43. The summed E-state index contributed by atoms with van der Waals surface area (Å²) in [5, 5.41) is 9.21. The Morgan fingerprint density at radius 1 is 1.24 bits per heavy atom. The van der Waals surface area contributed by atoms with Crippen LogP contribution in [0.25, 0.3) is 11.3 Å². The molecule has 0 unspecified atom stereocenters. The van der Waals surface area contributed by atoms with E-state index in [1.807, 2.05) is 0 Å². The summed E-state index contributed by atoms with van der Waals surface area (Å²) in [5.41, 5.74) is 1.66. The molecule has 0 radical (unpaired) electrons. The zero-order valence-corrected chi connectivity index (χ0v) is 11.8. The highest BCUT2D eigenvalue weighted by molar-refractivity contribution is 5.98. The van der Waals surface area contributed by atoms with Gasteiger partial charge in [0.2, 0.25) is 0 Å². The SMILES string of the molecule is COC(=O)c1cc(-c2ccc(F)cc2C(=O)O)n(C)c1C. The molecule has 0 spiro atoms. The third kappa shape index (κ3) is 2.52. The molecule has 1 heterocycles. The molecule has 0 saturated carbocycles. The minimum Gasteiger partial charge on any atom is -0.478 e. The molecule has 0 atom stereocenters. The normalized spacial score (nSPS) is 10.5. The number of aromatic nitrogens is 1. The van der Waals surface area contributed by atoms with E-state index in [0.717, 1.165) is 6.07 Å². The van der Waals surface area contributed by atoms with E-state index >= 15 is 0 Å². The van der Waals surface area contributed by atoms with Crippen molar-refractivity contribution >= 4 is 11.9 Å². The first kappa shape index (κ1) is 14.8. The van der Waals surface area contributed by atoms with Crippen LogP contribution in [0.3, 0.4) is 0 Å². The molecule has 1 N–H and O–H groups in total. The molecular weight excluding hydrogens is 277 g/mol. The molecule has 1 aromatic heterocycles. The average molecular weight is 291 g/mol. The lowest BCUT2D eigenvalue weighted by atomic mass is 10.0. The fourth-order valence-electron chi connectivity index (χ4n) is 2.19. The molecule has 21 heavy (non-hydrogen) atoms. The monoisotopic (exact) mass is 291 g/mol. The van der Waals surface area contributed by atoms with Gasteiger partial charge in [-0.1, -0.05) is 0 Å². The van der Waals surface area contributed by atoms with Gasteiger partial charge in [-0.25, -0.2) is 14.0 Å². The van der Waals surface area contributed by atoms with Crippen molar-refractivity contribution in [2.24, 2.45) is 7.05 Å². The molecule has 0 saturated heterocycles. The number of hydrogen-bond donors (Lipinski definition) is 1. The van der Waals surface area contributed by atoms with Gasteiger partial charge in [0, 0.05) is 24.0 Å². The Morgan fingerprint density at radius 2 is 1.90 bits per heavy atom. The Hall–Kier alpha value is -2.63. The first-order chi connectivity index (χ1) is 9.86. The number of carboxylic acid groups (broad SMARTS) is 1. The van der Waals surface area contributed by atoms with Crippen LogP contribution in [-0.2, 0) is 11.8 Å². The van der Waals surface area contributed by atoms with Gasteiger partial charge in [0.1, 0.15) is 5.82 Å². The number of carbonyl (C=O) groups excluding carboxylic acids is 1. The number of methoxy groups -OCH3 is 1. The summed E-state index contributed by atoms with van der Waals surface area (Å²) in [7, 11) is 2.97. The molecule has 0 aliphatic carbocycles. The standard InChI is InChI=1S/C15H14FNO4/c1-8-11(15(20)21-3)7-13(17(8)2)10-5-4-9(16)6-12(10)14(18)19/h4-7H,1-3H3,(H,18,19). The number of rotatable bonds is 3. The lowest BCUT2D eigenvalue weighted by molar-refractivity contribution is 0.0599. The number of benzene rings is 1. The van der Waals surface area contributed by atoms with E-state index in [-0.39, 0.29) is 5.56 Å². The minimum absolute atomic E-state index is 0.160. The van der Waals surface area contributed by atoms with Gasteiger partial charge in [-0.3, -0.25) is 0 Å². The van der Waals surface area contributed by atoms with E-state index < -0.39 is 17.8 Å². The first-order valence-corrected chi connectivity index (χ1v) is 6.14. The van der Waals surface area contributed by atoms with Crippen molar-refractivity contribution in [3.63, 3.8) is 0 Å². The van der Waals surface area contributed by atoms with Crippen LogP contribution >= 0.6 is 0 Å². The number of aromatic carboxylic acids is 1. The molecule has 0 bridgehead atoms. The molecule has 0 aliphatic heterocycles. The number of carbonyl (C=O) groups is 2. The van der Waals surface area contributed by atoms with Crippen LogP contribution in [0.4, 0.5) is 4.39 Å². The van der Waals surface area contributed by atoms with Gasteiger partial charge in [0.15, 0.2) is 0 Å². The highest BCUT2D eigenvalue weighted by Gasteiger charge is 2.20. The van der Waals surface area contributed by atoms with Gasteiger partial charge in [-0.05, 0) is 31.2 Å². The number of esters is 1. The number of carboxylic acids is 1. The first-order valence-electron chi connectivity index (χ1n) is 6.14. The molecule has 0 amide bonds. The highest BCUT2D eigenvalue weighted by Crippen LogP contribution is 2.28. The minimum atomic E-state index is -1.23. The topological polar surface area (TPSA) is 68.5 Å². The molecule has 2 aromatic rings. The summed E-state index contributed by atoms with van der Waals surface area (Å²) in [6.45, 7) is 1.72. The zero-order valence-electron chi connectivity index (χ0n) is 11.8. The fourth-order valence-corrected chi connectivity index (χ4v) is 2.19. The van der Waals surface area contributed by atoms with E-state index in [1.165, 1.54) is 19.2 Å². The van der Waals surface area contributed by atoms with E-state index in [2.05, 4.69) is 4.74 Å². The summed E-state index contributed by atoms with van der Waals surface area (Å²) in [5.74, 6) is -2.37. The van der Waals surface area contributed by atoms with Crippen molar-refractivity contribution in [1.82, 2.24) is 4.57 Å². The molecule has 0 aliphatic rings. The van der Waals surface area contributed by atoms with Crippen molar-refractivity contribution < 1.29 is 23.8 Å². The van der Waals surface area contributed by atoms with Crippen LogP contribution in [0.2, 0.25) is 0 Å². The van der Waals surface area contributed by atoms with E-state index in [9.17, 15) is 19.1 Å². The smallest absolute Gasteiger partial charge is 0.339 e. The lowest BCUT2D eigenvalue weighted by Crippen LogP contribution is -2.04. The quantitative estimate of drug-likeness (QED) is 0.883. The molecule has 1 aromatic carbocycles. The Morgan fingerprint density at radius 3 is 2.48 bits per heavy atom. The number of hydrogen-bond acceptors (Lipinski definition) is 3. The molecular formula is C15H14FNO4. The van der Waals surface area contributed by atoms with E-state index in [0.29, 0.717) is 22.5 Å². The zero-order chi connectivity index (χ0) is 15.7. The lowest BCUT2D eigenvalue weighted by Gasteiger charge is -2.08. The van der Waals surface area contributed by atoms with Gasteiger partial charge in [0.25, 0.3) is 0 Å². The molecule has 2 rings (SSSR count). The summed E-state index contributed by atoms with van der Waals surface area (Å²) >= 11 is 0. The van der Waals surface area contributed by atoms with Crippen molar-refractivity contribution in [3.05, 3.63) is 46.9 Å². The Labute approximate surface area is 120 Å². The molecule has 6 heteroatoms. The van der Waals surface area contributed by atoms with Crippen LogP contribution in [0.5, 0.6) is 0 Å². The van der Waals surface area contributed by atoms with Crippen LogP contribution in [0.1, 0.15) is 26.4 Å². The second kappa shape index (κ2) is 5.40. The summed E-state index contributed by atoms with van der Waals surface area (Å²) < 4.78 is 19.6. The number of nitrogens with zero attached hydrogens (tertiary/aromatic N) is 1. The molecule has 110 valence electrons. The predicted molar refractivity (Wildman–Crippen MR) is 73.8 cm³/mol. The van der Waals surface area contributed by atoms with E-state index in [4.69, 9.17) is 0 Å². The van der Waals surface area contributed by atoms with Crippen LogP contribution in [-0.4, -0.2) is 28.7 Å². The third-order valence-electron chi connectivity index (χ3n) is 3.43. The van der Waals surface area contributed by atoms with Gasteiger partial charge in [-0.2, -0.15) is 0 Å². The van der Waals surface area contributed by atoms with Crippen LogP contribution < -0.4 is 0 Å². The van der Waals surface area contributed by atoms with Gasteiger partial charge < -0.3 is 14.4 Å². The maximum atomic E-state index is 13.2. The van der Waals surface area contributed by atoms with Crippen molar-refractivity contribution in [3.8, 4) is 11.3 Å². The Bertz CT molecular complexity index is 734. The number of halogens is 1. The maximum Gasteiger partial charge on any atom is 0.339 e. The number of ether oxygens (including phenoxy) is 1. The second-order valence-electron chi connectivity index (χ2n) is 4.57. The van der Waals surface area contributed by atoms with Gasteiger partial charge >= 0.3 is 11.9 Å². The second-order valence-corrected chi connectivity index (χ2v) is 4.57. The average Bonchev–Trinajstić information content (AvgIpc) is 2.74. The van der Waals surface area contributed by atoms with Crippen LogP contribution in [0, 0.1) is 12.7 Å². The largest absolute Gasteiger partial charge is 0.478 e. The van der Waals surface area contributed by atoms with Crippen LogP contribution in [0.15, 0.2) is 24.3 Å². The van der Waals surface area contributed by atoms with Crippen molar-refractivity contribution in [1.29, 1.82) is 0 Å².